The van der Waals surface area contributed by atoms with Crippen molar-refractivity contribution in [2.75, 3.05) is 6.61 Å². The number of hydrogen-bond acceptors (Lipinski definition) is 2. The maximum Gasteiger partial charge on any atom is 0.167 e. The lowest BCUT2D eigenvalue weighted by Crippen LogP contribution is -2.11. The molecule has 0 N–H and O–H groups in total. The van der Waals surface area contributed by atoms with Crippen molar-refractivity contribution in [1.82, 2.24) is 4.57 Å². The highest BCUT2D eigenvalue weighted by molar-refractivity contribution is 6.08. The van der Waals surface area contributed by atoms with Crippen LogP contribution in [0.3, 0.4) is 0 Å². The molecule has 3 heteroatoms. The molecule has 0 radical (unpaired) electrons. The molecule has 0 atom stereocenters. The molecular formula is C24H29NO2. The van der Waals surface area contributed by atoms with Gasteiger partial charge in [-0.25, -0.2) is 0 Å². The molecule has 0 aliphatic carbocycles. The van der Waals surface area contributed by atoms with Crippen LogP contribution in [0.5, 0.6) is 5.75 Å². The third-order valence-corrected chi connectivity index (χ3v) is 4.90. The van der Waals surface area contributed by atoms with Gasteiger partial charge in [0.25, 0.3) is 0 Å². The second kappa shape index (κ2) is 7.59. The van der Waals surface area contributed by atoms with E-state index in [0.717, 1.165) is 22.2 Å². The first-order valence-electron chi connectivity index (χ1n) is 9.63. The third kappa shape index (κ3) is 4.24. The summed E-state index contributed by atoms with van der Waals surface area (Å²) < 4.78 is 8.06. The van der Waals surface area contributed by atoms with Crippen LogP contribution in [0.25, 0.3) is 10.9 Å². The van der Waals surface area contributed by atoms with Gasteiger partial charge in [0.05, 0.1) is 6.54 Å². The maximum absolute atomic E-state index is 12.5. The van der Waals surface area contributed by atoms with Gasteiger partial charge < -0.3 is 9.30 Å². The number of fused-ring (bicyclic) bond motifs is 1. The first-order valence-corrected chi connectivity index (χ1v) is 9.63. The molecule has 0 saturated carbocycles. The average molecular weight is 364 g/mol. The Labute approximate surface area is 162 Å². The van der Waals surface area contributed by atoms with E-state index in [1.54, 1.807) is 0 Å². The second-order valence-corrected chi connectivity index (χ2v) is 8.40. The number of carbonyl (C=O) groups excluding carboxylic acids is 1. The molecule has 2 aromatic carbocycles. The smallest absolute Gasteiger partial charge is 0.167 e. The van der Waals surface area contributed by atoms with Crippen LogP contribution in [0.2, 0.25) is 0 Å². The van der Waals surface area contributed by atoms with Gasteiger partial charge >= 0.3 is 0 Å². The van der Waals surface area contributed by atoms with E-state index < -0.39 is 0 Å². The average Bonchev–Trinajstić information content (AvgIpc) is 2.99. The minimum atomic E-state index is -0.0122. The van der Waals surface area contributed by atoms with E-state index in [2.05, 4.69) is 43.5 Å². The van der Waals surface area contributed by atoms with Crippen LogP contribution in [0.1, 0.15) is 50.5 Å². The fraction of sp³-hybridized carbons (Fsp3) is 0.375. The standard InChI is InChI=1S/C24H29NO2/c1-17(2)23(26)21-16-25(22-9-7-6-8-20(21)22)14-15-27-19-12-10-18(11-13-19)24(3,4)5/h6-13,16-17H,14-15H2,1-5H3. The monoisotopic (exact) mass is 363 g/mol. The number of hydrogen-bond donors (Lipinski definition) is 0. The van der Waals surface area contributed by atoms with Gasteiger partial charge in [0.15, 0.2) is 5.78 Å². The number of ether oxygens (including phenoxy) is 1. The molecule has 0 fully saturated rings. The minimum absolute atomic E-state index is 0.0122. The fourth-order valence-electron chi connectivity index (χ4n) is 3.25. The predicted molar refractivity (Wildman–Crippen MR) is 112 cm³/mol. The Hall–Kier alpha value is -2.55. The van der Waals surface area contributed by atoms with Crippen molar-refractivity contribution in [2.45, 2.75) is 46.6 Å². The van der Waals surface area contributed by atoms with E-state index in [-0.39, 0.29) is 17.1 Å². The molecule has 0 amide bonds. The lowest BCUT2D eigenvalue weighted by molar-refractivity contribution is 0.0941. The van der Waals surface area contributed by atoms with Gasteiger partial charge in [-0.2, -0.15) is 0 Å². The van der Waals surface area contributed by atoms with Crippen LogP contribution in [0.4, 0.5) is 0 Å². The quantitative estimate of drug-likeness (QED) is 0.514. The molecule has 0 unspecified atom stereocenters. The largest absolute Gasteiger partial charge is 0.492 e. The van der Waals surface area contributed by atoms with Crippen LogP contribution < -0.4 is 4.74 Å². The van der Waals surface area contributed by atoms with Gasteiger partial charge in [-0.3, -0.25) is 4.79 Å². The van der Waals surface area contributed by atoms with Gasteiger partial charge in [0.1, 0.15) is 12.4 Å². The summed E-state index contributed by atoms with van der Waals surface area (Å²) in [5, 5.41) is 1.02. The molecule has 0 saturated heterocycles. The summed E-state index contributed by atoms with van der Waals surface area (Å²) in [6, 6.07) is 16.4. The van der Waals surface area contributed by atoms with E-state index in [1.165, 1.54) is 5.56 Å². The van der Waals surface area contributed by atoms with Crippen LogP contribution in [0, 0.1) is 5.92 Å². The first-order chi connectivity index (χ1) is 12.8. The summed E-state index contributed by atoms with van der Waals surface area (Å²) >= 11 is 0. The summed E-state index contributed by atoms with van der Waals surface area (Å²) in [6.45, 7) is 11.8. The Morgan fingerprint density at radius 3 is 2.33 bits per heavy atom. The SMILES string of the molecule is CC(C)C(=O)c1cn(CCOc2ccc(C(C)(C)C)cc2)c2ccccc12. The maximum atomic E-state index is 12.5. The van der Waals surface area contributed by atoms with Gasteiger partial charge in [0.2, 0.25) is 0 Å². The number of carbonyl (C=O) groups is 1. The highest BCUT2D eigenvalue weighted by atomic mass is 16.5. The highest BCUT2D eigenvalue weighted by Gasteiger charge is 2.17. The van der Waals surface area contributed by atoms with E-state index in [9.17, 15) is 4.79 Å². The van der Waals surface area contributed by atoms with Crippen LogP contribution in [-0.4, -0.2) is 17.0 Å². The molecule has 3 rings (SSSR count). The van der Waals surface area contributed by atoms with Crippen molar-refractivity contribution in [2.24, 2.45) is 5.92 Å². The third-order valence-electron chi connectivity index (χ3n) is 4.90. The van der Waals surface area contributed by atoms with Gasteiger partial charge in [0, 0.05) is 28.6 Å². The second-order valence-electron chi connectivity index (χ2n) is 8.40. The van der Waals surface area contributed by atoms with Crippen molar-refractivity contribution in [1.29, 1.82) is 0 Å². The molecule has 142 valence electrons. The lowest BCUT2D eigenvalue weighted by Gasteiger charge is -2.19. The zero-order chi connectivity index (χ0) is 19.6. The summed E-state index contributed by atoms with van der Waals surface area (Å²) in [5.41, 5.74) is 3.31. The van der Waals surface area contributed by atoms with E-state index >= 15 is 0 Å². The van der Waals surface area contributed by atoms with E-state index in [1.807, 2.05) is 50.4 Å². The fourth-order valence-corrected chi connectivity index (χ4v) is 3.25. The van der Waals surface area contributed by atoms with Gasteiger partial charge in [-0.15, -0.1) is 0 Å². The summed E-state index contributed by atoms with van der Waals surface area (Å²) in [7, 11) is 0. The van der Waals surface area contributed by atoms with Crippen LogP contribution >= 0.6 is 0 Å². The predicted octanol–water partition coefficient (Wildman–Crippen LogP) is 5.86. The molecule has 3 aromatic rings. The molecule has 3 nitrogen and oxygen atoms in total. The van der Waals surface area contributed by atoms with Gasteiger partial charge in [-0.1, -0.05) is 65.0 Å². The number of aromatic nitrogens is 1. The summed E-state index contributed by atoms with van der Waals surface area (Å²) in [5.74, 6) is 1.04. The first kappa shape index (κ1) is 19.2. The number of Topliss-reactive ketones (excluding diaryl/α,β-unsaturated/α-hetero) is 1. The van der Waals surface area contributed by atoms with Crippen molar-refractivity contribution < 1.29 is 9.53 Å². The summed E-state index contributed by atoms with van der Waals surface area (Å²) in [4.78, 5) is 12.5. The van der Waals surface area contributed by atoms with Crippen LogP contribution in [0.15, 0.2) is 54.7 Å². The zero-order valence-electron chi connectivity index (χ0n) is 17.0. The Bertz CT molecular complexity index is 927. The minimum Gasteiger partial charge on any atom is -0.492 e. The number of rotatable bonds is 6. The molecule has 0 spiro atoms. The molecule has 0 aliphatic heterocycles. The zero-order valence-corrected chi connectivity index (χ0v) is 17.0. The molecule has 1 heterocycles. The van der Waals surface area contributed by atoms with Crippen LogP contribution in [-0.2, 0) is 12.0 Å². The number of ketones is 1. The highest BCUT2D eigenvalue weighted by Crippen LogP contribution is 2.25. The topological polar surface area (TPSA) is 31.2 Å². The normalized spacial score (nSPS) is 11.9. The number of benzene rings is 2. The number of nitrogens with zero attached hydrogens (tertiary/aromatic N) is 1. The molecule has 27 heavy (non-hydrogen) atoms. The van der Waals surface area contributed by atoms with Crippen molar-refractivity contribution in [3.05, 3.63) is 65.9 Å². The number of para-hydroxylation sites is 1. The van der Waals surface area contributed by atoms with E-state index in [0.29, 0.717) is 13.2 Å². The lowest BCUT2D eigenvalue weighted by atomic mass is 9.87. The molecular weight excluding hydrogens is 334 g/mol. The van der Waals surface area contributed by atoms with E-state index in [4.69, 9.17) is 4.74 Å². The Kier molecular flexibility index (Phi) is 5.41. The van der Waals surface area contributed by atoms with Crippen molar-refractivity contribution in [3.8, 4) is 5.75 Å². The Morgan fingerprint density at radius 1 is 1.04 bits per heavy atom. The van der Waals surface area contributed by atoms with Crippen molar-refractivity contribution >= 4 is 16.7 Å². The Balaban J connectivity index is 1.73. The molecule has 0 aliphatic rings. The van der Waals surface area contributed by atoms with Crippen molar-refractivity contribution in [3.63, 3.8) is 0 Å². The summed E-state index contributed by atoms with van der Waals surface area (Å²) in [6.07, 6.45) is 1.97. The Morgan fingerprint density at radius 2 is 1.70 bits per heavy atom. The molecule has 0 bridgehead atoms. The van der Waals surface area contributed by atoms with Gasteiger partial charge in [-0.05, 0) is 29.2 Å². The molecule has 1 aromatic heterocycles.